The van der Waals surface area contributed by atoms with Crippen LogP contribution in [0, 0.1) is 6.92 Å². The molecule has 2 aliphatic rings. The highest BCUT2D eigenvalue weighted by atomic mass is 16.7. The molecule has 1 saturated carbocycles. The van der Waals surface area contributed by atoms with Crippen molar-refractivity contribution in [1.82, 2.24) is 20.0 Å². The molecule has 40 heavy (non-hydrogen) atoms. The first-order valence-corrected chi connectivity index (χ1v) is 13.8. The van der Waals surface area contributed by atoms with Gasteiger partial charge in [0.05, 0.1) is 7.11 Å². The molecule has 11 heteroatoms. The third kappa shape index (κ3) is 6.37. The Bertz CT molecular complexity index is 1330. The Morgan fingerprint density at radius 3 is 2.62 bits per heavy atom. The lowest BCUT2D eigenvalue weighted by Gasteiger charge is -2.38. The highest BCUT2D eigenvalue weighted by molar-refractivity contribution is 5.64. The zero-order valence-electron chi connectivity index (χ0n) is 23.1. The SMILES string of the molecule is CCc1cc(-c2noc(-c3cc(OC)nc(C4CCCC4)c3)n2)cc(C)c1OC[C@@H](O)CN1CC(OC(=O)O)C1. The van der Waals surface area contributed by atoms with Crippen molar-refractivity contribution >= 4 is 6.16 Å². The Labute approximate surface area is 233 Å². The van der Waals surface area contributed by atoms with Crippen LogP contribution in [0.4, 0.5) is 4.79 Å². The summed E-state index contributed by atoms with van der Waals surface area (Å²) < 4.78 is 21.9. The topological polar surface area (TPSA) is 140 Å². The summed E-state index contributed by atoms with van der Waals surface area (Å²) >= 11 is 0. The van der Waals surface area contributed by atoms with Gasteiger partial charge in [-0.1, -0.05) is 24.9 Å². The Morgan fingerprint density at radius 2 is 1.93 bits per heavy atom. The van der Waals surface area contributed by atoms with Gasteiger partial charge in [-0.05, 0) is 55.5 Å². The number of likely N-dealkylation sites (tertiary alicyclic amines) is 1. The lowest BCUT2D eigenvalue weighted by atomic mass is 10.0. The molecular formula is C29H36N4O7. The number of aromatic nitrogens is 3. The molecule has 3 aromatic rings. The summed E-state index contributed by atoms with van der Waals surface area (Å²) in [5, 5.41) is 23.4. The maximum atomic E-state index is 10.6. The molecule has 0 amide bonds. The highest BCUT2D eigenvalue weighted by Gasteiger charge is 2.31. The number of nitrogens with zero attached hydrogens (tertiary/aromatic N) is 4. The number of hydrogen-bond donors (Lipinski definition) is 2. The van der Waals surface area contributed by atoms with Gasteiger partial charge in [0.1, 0.15) is 24.6 Å². The van der Waals surface area contributed by atoms with E-state index >= 15 is 0 Å². The third-order valence-electron chi connectivity index (χ3n) is 7.55. The van der Waals surface area contributed by atoms with E-state index in [9.17, 15) is 9.90 Å². The minimum absolute atomic E-state index is 0.119. The second-order valence-corrected chi connectivity index (χ2v) is 10.6. The third-order valence-corrected chi connectivity index (χ3v) is 7.55. The van der Waals surface area contributed by atoms with Crippen LogP contribution in [-0.4, -0.2) is 82.0 Å². The second kappa shape index (κ2) is 12.2. The summed E-state index contributed by atoms with van der Waals surface area (Å²) in [6.07, 6.45) is 3.06. The molecule has 214 valence electrons. The molecule has 1 saturated heterocycles. The van der Waals surface area contributed by atoms with Crippen LogP contribution in [0.5, 0.6) is 11.6 Å². The van der Waals surface area contributed by atoms with Crippen molar-refractivity contribution in [1.29, 1.82) is 0 Å². The predicted molar refractivity (Wildman–Crippen MR) is 146 cm³/mol. The van der Waals surface area contributed by atoms with Crippen molar-refractivity contribution < 1.29 is 33.7 Å². The molecular weight excluding hydrogens is 516 g/mol. The fourth-order valence-corrected chi connectivity index (χ4v) is 5.51. The second-order valence-electron chi connectivity index (χ2n) is 10.6. The average molecular weight is 553 g/mol. The largest absolute Gasteiger partial charge is 0.506 e. The lowest BCUT2D eigenvalue weighted by Crippen LogP contribution is -2.55. The number of aliphatic hydroxyl groups excluding tert-OH is 1. The van der Waals surface area contributed by atoms with Crippen LogP contribution in [0.3, 0.4) is 0 Å². The van der Waals surface area contributed by atoms with Gasteiger partial charge < -0.3 is 28.9 Å². The number of methoxy groups -OCH3 is 1. The van der Waals surface area contributed by atoms with Gasteiger partial charge in [0, 0.05) is 48.4 Å². The highest BCUT2D eigenvalue weighted by Crippen LogP contribution is 2.36. The summed E-state index contributed by atoms with van der Waals surface area (Å²) in [6.45, 7) is 5.44. The standard InChI is InChI=1S/C29H36N4O7/c1-4-18-10-20(9-17(2)26(18)38-16-22(34)13-33-14-23(15-33)39-29(35)36)27-31-28(40-32-27)21-11-24(19-7-5-6-8-19)30-25(12-21)37-3/h9-12,19,22-23,34H,4-8,13-16H2,1-3H3,(H,35,36)/t22-/m0/s1. The van der Waals surface area contributed by atoms with Crippen LogP contribution in [0.15, 0.2) is 28.8 Å². The molecule has 2 N–H and O–H groups in total. The number of β-amino-alcohol motifs (C(OH)–C–C–N with tert-alkyl or cyclic N) is 1. The summed E-state index contributed by atoms with van der Waals surface area (Å²) in [5.41, 5.74) is 4.49. The van der Waals surface area contributed by atoms with Gasteiger partial charge in [0.2, 0.25) is 11.7 Å². The minimum atomic E-state index is -1.28. The Balaban J connectivity index is 1.27. The van der Waals surface area contributed by atoms with Crippen LogP contribution in [0.2, 0.25) is 0 Å². The summed E-state index contributed by atoms with van der Waals surface area (Å²) in [7, 11) is 1.61. The molecule has 1 atom stereocenters. The van der Waals surface area contributed by atoms with Crippen molar-refractivity contribution in [2.24, 2.45) is 0 Å². The monoisotopic (exact) mass is 552 g/mol. The molecule has 0 radical (unpaired) electrons. The number of pyridine rings is 1. The fourth-order valence-electron chi connectivity index (χ4n) is 5.51. The number of carbonyl (C=O) groups is 1. The smallest absolute Gasteiger partial charge is 0.490 e. The van der Waals surface area contributed by atoms with Crippen molar-refractivity contribution in [3.63, 3.8) is 0 Å². The number of ether oxygens (including phenoxy) is 3. The van der Waals surface area contributed by atoms with E-state index in [4.69, 9.17) is 28.8 Å². The number of rotatable bonds is 11. The minimum Gasteiger partial charge on any atom is -0.490 e. The molecule has 0 spiro atoms. The van der Waals surface area contributed by atoms with E-state index in [0.29, 0.717) is 43.1 Å². The molecule has 0 unspecified atom stereocenters. The molecule has 0 bridgehead atoms. The number of aryl methyl sites for hydroxylation is 2. The van der Waals surface area contributed by atoms with Gasteiger partial charge in [-0.3, -0.25) is 4.90 Å². The van der Waals surface area contributed by atoms with Crippen LogP contribution in [-0.2, 0) is 11.2 Å². The summed E-state index contributed by atoms with van der Waals surface area (Å²) in [4.78, 5) is 21.9. The first-order chi connectivity index (χ1) is 19.3. The van der Waals surface area contributed by atoms with Crippen LogP contribution < -0.4 is 9.47 Å². The maximum Gasteiger partial charge on any atom is 0.506 e. The fraction of sp³-hybridized carbons (Fsp3) is 0.517. The van der Waals surface area contributed by atoms with Gasteiger partial charge >= 0.3 is 6.16 Å². The number of carboxylic acid groups (broad SMARTS) is 1. The van der Waals surface area contributed by atoms with E-state index in [1.54, 1.807) is 7.11 Å². The zero-order valence-corrected chi connectivity index (χ0v) is 23.1. The van der Waals surface area contributed by atoms with Crippen molar-refractivity contribution in [2.75, 3.05) is 33.4 Å². The molecule has 5 rings (SSSR count). The first-order valence-electron chi connectivity index (χ1n) is 13.8. The number of hydrogen-bond acceptors (Lipinski definition) is 10. The molecule has 1 aromatic carbocycles. The average Bonchev–Trinajstić information content (AvgIpc) is 3.63. The van der Waals surface area contributed by atoms with Crippen molar-refractivity contribution in [2.45, 2.75) is 64.1 Å². The van der Waals surface area contributed by atoms with E-state index in [1.165, 1.54) is 12.8 Å². The lowest BCUT2D eigenvalue weighted by molar-refractivity contribution is -0.0512. The Morgan fingerprint density at radius 1 is 1.15 bits per heavy atom. The van der Waals surface area contributed by atoms with Gasteiger partial charge in [0.15, 0.2) is 0 Å². The van der Waals surface area contributed by atoms with E-state index in [0.717, 1.165) is 53.0 Å². The van der Waals surface area contributed by atoms with Gasteiger partial charge in [-0.15, -0.1) is 0 Å². The van der Waals surface area contributed by atoms with Crippen LogP contribution >= 0.6 is 0 Å². The van der Waals surface area contributed by atoms with E-state index in [1.807, 2.05) is 43.0 Å². The van der Waals surface area contributed by atoms with Crippen molar-refractivity contribution in [3.8, 4) is 34.5 Å². The van der Waals surface area contributed by atoms with Crippen LogP contribution in [0.1, 0.15) is 55.3 Å². The Hall–Kier alpha value is -3.70. The molecule has 1 aliphatic heterocycles. The molecule has 2 fully saturated rings. The maximum absolute atomic E-state index is 10.6. The van der Waals surface area contributed by atoms with Gasteiger partial charge in [-0.25, -0.2) is 9.78 Å². The molecule has 1 aliphatic carbocycles. The van der Waals surface area contributed by atoms with Crippen LogP contribution in [0.25, 0.3) is 22.8 Å². The first kappa shape index (κ1) is 27.9. The molecule has 3 heterocycles. The molecule has 2 aromatic heterocycles. The summed E-state index contributed by atoms with van der Waals surface area (Å²) in [5.74, 6) is 2.58. The van der Waals surface area contributed by atoms with E-state index < -0.39 is 12.3 Å². The van der Waals surface area contributed by atoms with Gasteiger partial charge in [0.25, 0.3) is 5.89 Å². The number of aliphatic hydroxyl groups is 1. The van der Waals surface area contributed by atoms with Gasteiger partial charge in [-0.2, -0.15) is 4.98 Å². The number of benzene rings is 1. The Kier molecular flexibility index (Phi) is 8.51. The normalized spacial score (nSPS) is 17.0. The van der Waals surface area contributed by atoms with Crippen molar-refractivity contribution in [3.05, 3.63) is 41.1 Å². The van der Waals surface area contributed by atoms with E-state index in [-0.39, 0.29) is 12.7 Å². The van der Waals surface area contributed by atoms with E-state index in [2.05, 4.69) is 10.1 Å². The molecule has 11 nitrogen and oxygen atoms in total. The quantitative estimate of drug-likeness (QED) is 0.326. The predicted octanol–water partition coefficient (Wildman–Crippen LogP) is 4.45. The zero-order chi connectivity index (χ0) is 28.2. The summed E-state index contributed by atoms with van der Waals surface area (Å²) in [6, 6.07) is 7.79.